The Kier molecular flexibility index (Phi) is 5.77. The van der Waals surface area contributed by atoms with Crippen LogP contribution >= 0.6 is 0 Å². The van der Waals surface area contributed by atoms with Gasteiger partial charge in [-0.25, -0.2) is 4.39 Å². The highest BCUT2D eigenvalue weighted by atomic mass is 19.1. The summed E-state index contributed by atoms with van der Waals surface area (Å²) in [4.78, 5) is 36.8. The third-order valence-corrected chi connectivity index (χ3v) is 4.30. The fourth-order valence-electron chi connectivity index (χ4n) is 2.96. The monoisotopic (exact) mass is 350 g/mol. The molecule has 2 atom stereocenters. The minimum absolute atomic E-state index is 0.0282. The first kappa shape index (κ1) is 18.9. The number of hydrogen-bond donors (Lipinski definition) is 2. The number of aliphatic carboxylic acids is 1. The summed E-state index contributed by atoms with van der Waals surface area (Å²) in [6, 6.07) is 3.87. The zero-order valence-electron chi connectivity index (χ0n) is 14.6. The van der Waals surface area contributed by atoms with Gasteiger partial charge in [0, 0.05) is 25.1 Å². The molecule has 2 rings (SSSR count). The average Bonchev–Trinajstić information content (AvgIpc) is 2.90. The molecule has 2 amide bonds. The Morgan fingerprint density at radius 3 is 2.52 bits per heavy atom. The van der Waals surface area contributed by atoms with E-state index in [1.165, 1.54) is 17.0 Å². The molecule has 0 saturated carbocycles. The molecule has 0 bridgehead atoms. The molecular weight excluding hydrogens is 327 g/mol. The van der Waals surface area contributed by atoms with Gasteiger partial charge in [-0.3, -0.25) is 14.4 Å². The van der Waals surface area contributed by atoms with Crippen molar-refractivity contribution in [2.75, 3.05) is 18.4 Å². The maximum Gasteiger partial charge on any atom is 0.308 e. The van der Waals surface area contributed by atoms with Gasteiger partial charge in [0.15, 0.2) is 0 Å². The van der Waals surface area contributed by atoms with Crippen molar-refractivity contribution >= 4 is 23.5 Å². The van der Waals surface area contributed by atoms with E-state index in [-0.39, 0.29) is 42.0 Å². The van der Waals surface area contributed by atoms with Crippen molar-refractivity contribution in [3.8, 4) is 0 Å². The van der Waals surface area contributed by atoms with Crippen molar-refractivity contribution in [1.82, 2.24) is 4.90 Å². The number of anilines is 1. The highest BCUT2D eigenvalue weighted by molar-refractivity contribution is 5.96. The van der Waals surface area contributed by atoms with Crippen LogP contribution in [-0.2, 0) is 9.59 Å². The Labute approximate surface area is 146 Å². The van der Waals surface area contributed by atoms with Crippen molar-refractivity contribution in [3.63, 3.8) is 0 Å². The minimum Gasteiger partial charge on any atom is -0.481 e. The first-order valence-electron chi connectivity index (χ1n) is 8.30. The van der Waals surface area contributed by atoms with Crippen LogP contribution in [0.2, 0.25) is 0 Å². The molecule has 136 valence electrons. The van der Waals surface area contributed by atoms with Gasteiger partial charge >= 0.3 is 5.97 Å². The molecule has 0 spiro atoms. The number of nitrogens with one attached hydrogen (secondary N) is 1. The van der Waals surface area contributed by atoms with E-state index in [9.17, 15) is 18.8 Å². The minimum atomic E-state index is -0.933. The molecule has 1 aromatic rings. The molecule has 0 radical (unpaired) electrons. The number of likely N-dealkylation sites (tertiary alicyclic amines) is 1. The van der Waals surface area contributed by atoms with Crippen LogP contribution in [-0.4, -0.2) is 40.9 Å². The van der Waals surface area contributed by atoms with E-state index in [0.29, 0.717) is 6.54 Å². The number of rotatable bonds is 5. The first-order valence-corrected chi connectivity index (χ1v) is 8.30. The van der Waals surface area contributed by atoms with Gasteiger partial charge in [0.2, 0.25) is 5.91 Å². The van der Waals surface area contributed by atoms with Crippen LogP contribution in [0.1, 0.15) is 37.6 Å². The molecule has 25 heavy (non-hydrogen) atoms. The van der Waals surface area contributed by atoms with Crippen LogP contribution in [0.25, 0.3) is 0 Å². The molecule has 6 nitrogen and oxygen atoms in total. The third kappa shape index (κ3) is 4.55. The summed E-state index contributed by atoms with van der Waals surface area (Å²) < 4.78 is 14.2. The van der Waals surface area contributed by atoms with Crippen LogP contribution < -0.4 is 5.32 Å². The van der Waals surface area contributed by atoms with Crippen LogP contribution in [0.5, 0.6) is 0 Å². The highest BCUT2D eigenvalue weighted by Gasteiger charge is 2.37. The summed E-state index contributed by atoms with van der Waals surface area (Å²) in [5.74, 6) is -2.92. The van der Waals surface area contributed by atoms with Crippen molar-refractivity contribution in [2.45, 2.75) is 27.2 Å². The molecule has 7 heteroatoms. The van der Waals surface area contributed by atoms with Crippen LogP contribution in [0.3, 0.4) is 0 Å². The molecule has 1 fully saturated rings. The lowest BCUT2D eigenvalue weighted by atomic mass is 9.99. The third-order valence-electron chi connectivity index (χ3n) is 4.30. The second-order valence-electron chi connectivity index (χ2n) is 6.97. The van der Waals surface area contributed by atoms with Gasteiger partial charge in [-0.2, -0.15) is 0 Å². The van der Waals surface area contributed by atoms with E-state index in [0.717, 1.165) is 6.07 Å². The molecule has 1 aliphatic heterocycles. The van der Waals surface area contributed by atoms with E-state index in [4.69, 9.17) is 5.11 Å². The molecule has 2 N–H and O–H groups in total. The molecule has 0 aliphatic carbocycles. The Balaban J connectivity index is 2.08. The maximum atomic E-state index is 14.2. The highest BCUT2D eigenvalue weighted by Crippen LogP contribution is 2.25. The number of carboxylic acids is 1. The van der Waals surface area contributed by atoms with Gasteiger partial charge in [-0.1, -0.05) is 20.8 Å². The van der Waals surface area contributed by atoms with Gasteiger partial charge < -0.3 is 15.3 Å². The predicted molar refractivity (Wildman–Crippen MR) is 90.7 cm³/mol. The van der Waals surface area contributed by atoms with Crippen molar-refractivity contribution in [3.05, 3.63) is 29.6 Å². The topological polar surface area (TPSA) is 86.7 Å². The quantitative estimate of drug-likeness (QED) is 0.855. The lowest BCUT2D eigenvalue weighted by Crippen LogP contribution is -2.30. The maximum absolute atomic E-state index is 14.2. The van der Waals surface area contributed by atoms with Gasteiger partial charge in [-0.15, -0.1) is 0 Å². The van der Waals surface area contributed by atoms with E-state index in [2.05, 4.69) is 5.32 Å². The normalized spacial score (nSPS) is 20.0. The van der Waals surface area contributed by atoms with Gasteiger partial charge in [-0.05, 0) is 30.0 Å². The largest absolute Gasteiger partial charge is 0.481 e. The fraction of sp³-hybridized carbons (Fsp3) is 0.500. The Morgan fingerprint density at radius 2 is 2.00 bits per heavy atom. The Morgan fingerprint density at radius 1 is 1.32 bits per heavy atom. The fourth-order valence-corrected chi connectivity index (χ4v) is 2.96. The van der Waals surface area contributed by atoms with E-state index in [1.54, 1.807) is 6.92 Å². The summed E-state index contributed by atoms with van der Waals surface area (Å²) >= 11 is 0. The van der Waals surface area contributed by atoms with Crippen LogP contribution in [0.15, 0.2) is 18.2 Å². The molecule has 1 heterocycles. The van der Waals surface area contributed by atoms with Crippen LogP contribution in [0, 0.1) is 23.6 Å². The SMILES string of the molecule is CC(C)CC(=O)Nc1ccc(C(=O)N2C[C@@H](C)[C@H](C(=O)O)C2)cc1F. The number of nitrogens with zero attached hydrogens (tertiary/aromatic N) is 1. The van der Waals surface area contributed by atoms with Gasteiger partial charge in [0.05, 0.1) is 11.6 Å². The number of benzene rings is 1. The zero-order chi connectivity index (χ0) is 18.7. The molecule has 1 aromatic carbocycles. The Hall–Kier alpha value is -2.44. The van der Waals surface area contributed by atoms with E-state index in [1.807, 2.05) is 13.8 Å². The van der Waals surface area contributed by atoms with Crippen molar-refractivity contribution in [2.24, 2.45) is 17.8 Å². The first-order chi connectivity index (χ1) is 11.7. The number of amides is 2. The van der Waals surface area contributed by atoms with Crippen LogP contribution in [0.4, 0.5) is 10.1 Å². The number of halogens is 1. The average molecular weight is 350 g/mol. The summed E-state index contributed by atoms with van der Waals surface area (Å²) in [6.07, 6.45) is 0.280. The number of carbonyl (C=O) groups excluding carboxylic acids is 2. The van der Waals surface area contributed by atoms with Crippen molar-refractivity contribution in [1.29, 1.82) is 0 Å². The number of hydrogen-bond acceptors (Lipinski definition) is 3. The second-order valence-corrected chi connectivity index (χ2v) is 6.97. The van der Waals surface area contributed by atoms with E-state index >= 15 is 0 Å². The number of carbonyl (C=O) groups is 3. The van der Waals surface area contributed by atoms with Gasteiger partial charge in [0.1, 0.15) is 5.82 Å². The lowest BCUT2D eigenvalue weighted by Gasteiger charge is -2.16. The summed E-state index contributed by atoms with van der Waals surface area (Å²) in [6.45, 7) is 5.99. The zero-order valence-corrected chi connectivity index (χ0v) is 14.6. The molecule has 1 aliphatic rings. The predicted octanol–water partition coefficient (Wildman–Crippen LogP) is 2.60. The summed E-state index contributed by atoms with van der Waals surface area (Å²) in [5.41, 5.74) is 0.165. The molecular formula is C18H23FN2O4. The van der Waals surface area contributed by atoms with E-state index < -0.39 is 23.6 Å². The smallest absolute Gasteiger partial charge is 0.308 e. The summed E-state index contributed by atoms with van der Waals surface area (Å²) in [7, 11) is 0. The standard InChI is InChI=1S/C18H23FN2O4/c1-10(2)6-16(22)20-15-5-4-12(7-14(15)19)17(23)21-8-11(3)13(9-21)18(24)25/h4-5,7,10-11,13H,6,8-9H2,1-3H3,(H,20,22)(H,24,25)/t11-,13-/m1/s1. The van der Waals surface area contributed by atoms with Crippen molar-refractivity contribution < 1.29 is 23.9 Å². The number of carboxylic acid groups (broad SMARTS) is 1. The molecule has 0 unspecified atom stereocenters. The Bertz CT molecular complexity index is 690. The summed E-state index contributed by atoms with van der Waals surface area (Å²) in [5, 5.41) is 11.6. The second kappa shape index (κ2) is 7.63. The van der Waals surface area contributed by atoms with Gasteiger partial charge in [0.25, 0.3) is 5.91 Å². The molecule has 0 aromatic heterocycles. The lowest BCUT2D eigenvalue weighted by molar-refractivity contribution is -0.142. The molecule has 1 saturated heterocycles.